The molecule has 0 saturated carbocycles. The van der Waals surface area contributed by atoms with Crippen LogP contribution in [0.2, 0.25) is 0 Å². The van der Waals surface area contributed by atoms with E-state index in [0.717, 1.165) is 35.8 Å². The molecule has 0 fully saturated rings. The van der Waals surface area contributed by atoms with Crippen LogP contribution in [0.4, 0.5) is 0 Å². The molecule has 7 nitrogen and oxygen atoms in total. The molecule has 1 atom stereocenters. The van der Waals surface area contributed by atoms with Crippen LogP contribution in [0.15, 0.2) is 41.4 Å². The van der Waals surface area contributed by atoms with E-state index in [4.69, 9.17) is 23.9 Å². The Bertz CT molecular complexity index is 949. The Morgan fingerprint density at radius 1 is 1.06 bits per heavy atom. The average molecular weight is 569 g/mol. The number of aliphatic imine (C=N–C) groups is 1. The highest BCUT2D eigenvalue weighted by Crippen LogP contribution is 2.40. The molecule has 182 valence electrons. The van der Waals surface area contributed by atoms with Gasteiger partial charge >= 0.3 is 0 Å². The fraction of sp³-hybridized carbons (Fsp3) is 0.480. The van der Waals surface area contributed by atoms with E-state index in [-0.39, 0.29) is 35.6 Å². The molecule has 1 aliphatic rings. The molecule has 33 heavy (non-hydrogen) atoms. The second-order valence-corrected chi connectivity index (χ2v) is 8.30. The zero-order chi connectivity index (χ0) is 23.1. The maximum absolute atomic E-state index is 6.16. The average Bonchev–Trinajstić information content (AvgIpc) is 2.77. The van der Waals surface area contributed by atoms with E-state index < -0.39 is 0 Å². The van der Waals surface area contributed by atoms with E-state index in [9.17, 15) is 0 Å². The summed E-state index contributed by atoms with van der Waals surface area (Å²) in [5.41, 5.74) is 1.91. The zero-order valence-electron chi connectivity index (χ0n) is 20.4. The van der Waals surface area contributed by atoms with Crippen molar-refractivity contribution >= 4 is 29.9 Å². The molecular formula is C25H36IN3O4. The second-order valence-electron chi connectivity index (χ2n) is 8.30. The summed E-state index contributed by atoms with van der Waals surface area (Å²) in [6, 6.07) is 12.2. The summed E-state index contributed by atoms with van der Waals surface area (Å²) in [7, 11) is 4.87. The van der Waals surface area contributed by atoms with Gasteiger partial charge in [-0.2, -0.15) is 0 Å². The Balaban J connectivity index is 0.00000385. The number of rotatable bonds is 8. The van der Waals surface area contributed by atoms with Crippen LogP contribution in [0.5, 0.6) is 23.0 Å². The largest absolute Gasteiger partial charge is 0.493 e. The highest BCUT2D eigenvalue weighted by atomic mass is 127. The number of guanidine groups is 1. The second kappa shape index (κ2) is 12.2. The standard InChI is InChI=1S/C25H35N3O4.HI/c1-7-26-24(28-19-16-25(2,3)32-20-11-9-8-10-18(19)20)27-15-14-17-12-13-21(29-4)23(31-6)22(17)30-5;/h8-13,19H,7,14-16H2,1-6H3,(H2,26,27,28);1H. The van der Waals surface area contributed by atoms with Crippen LogP contribution in [0.1, 0.15) is 44.4 Å². The minimum Gasteiger partial charge on any atom is -0.493 e. The number of fused-ring (bicyclic) bond motifs is 1. The van der Waals surface area contributed by atoms with E-state index in [0.29, 0.717) is 30.2 Å². The third kappa shape index (κ3) is 6.59. The predicted molar refractivity (Wildman–Crippen MR) is 143 cm³/mol. The van der Waals surface area contributed by atoms with Crippen molar-refractivity contribution in [2.24, 2.45) is 4.99 Å². The molecule has 1 aliphatic heterocycles. The van der Waals surface area contributed by atoms with Gasteiger partial charge in [-0.05, 0) is 39.3 Å². The van der Waals surface area contributed by atoms with Crippen molar-refractivity contribution in [3.05, 3.63) is 47.5 Å². The van der Waals surface area contributed by atoms with Gasteiger partial charge in [0.1, 0.15) is 11.4 Å². The SMILES string of the molecule is CCNC(=NCCc1ccc(OC)c(OC)c1OC)NC1CC(C)(C)Oc2ccccc21.I. The van der Waals surface area contributed by atoms with Crippen molar-refractivity contribution in [3.8, 4) is 23.0 Å². The molecule has 2 aromatic rings. The summed E-state index contributed by atoms with van der Waals surface area (Å²) in [4.78, 5) is 4.82. The van der Waals surface area contributed by atoms with E-state index in [1.165, 1.54) is 0 Å². The van der Waals surface area contributed by atoms with Crippen LogP contribution in [-0.2, 0) is 6.42 Å². The molecule has 0 bridgehead atoms. The maximum Gasteiger partial charge on any atom is 0.203 e. The summed E-state index contributed by atoms with van der Waals surface area (Å²) in [6.07, 6.45) is 1.55. The smallest absolute Gasteiger partial charge is 0.203 e. The number of para-hydroxylation sites is 1. The van der Waals surface area contributed by atoms with Crippen LogP contribution in [0.3, 0.4) is 0 Å². The maximum atomic E-state index is 6.16. The first-order chi connectivity index (χ1) is 15.4. The van der Waals surface area contributed by atoms with Crippen LogP contribution in [0.25, 0.3) is 0 Å². The molecule has 2 N–H and O–H groups in total. The van der Waals surface area contributed by atoms with Gasteiger partial charge in [-0.15, -0.1) is 24.0 Å². The topological polar surface area (TPSA) is 73.3 Å². The lowest BCUT2D eigenvalue weighted by Gasteiger charge is -2.38. The van der Waals surface area contributed by atoms with Gasteiger partial charge in [-0.1, -0.05) is 24.3 Å². The van der Waals surface area contributed by atoms with Crippen molar-refractivity contribution in [1.82, 2.24) is 10.6 Å². The first-order valence-electron chi connectivity index (χ1n) is 11.0. The van der Waals surface area contributed by atoms with Gasteiger partial charge in [0.2, 0.25) is 5.75 Å². The van der Waals surface area contributed by atoms with Crippen LogP contribution >= 0.6 is 24.0 Å². The number of halogens is 1. The molecule has 0 aromatic heterocycles. The minimum atomic E-state index is -0.254. The van der Waals surface area contributed by atoms with Crippen molar-refractivity contribution < 1.29 is 18.9 Å². The third-order valence-electron chi connectivity index (χ3n) is 5.47. The summed E-state index contributed by atoms with van der Waals surface area (Å²) in [6.45, 7) is 7.67. The Morgan fingerprint density at radius 2 is 1.79 bits per heavy atom. The molecule has 0 spiro atoms. The quantitative estimate of drug-likeness (QED) is 0.272. The molecule has 0 saturated heterocycles. The number of nitrogens with one attached hydrogen (secondary N) is 2. The van der Waals surface area contributed by atoms with Gasteiger partial charge in [0.15, 0.2) is 17.5 Å². The van der Waals surface area contributed by atoms with Gasteiger partial charge in [-0.3, -0.25) is 4.99 Å². The number of methoxy groups -OCH3 is 3. The number of hydrogen-bond acceptors (Lipinski definition) is 5. The van der Waals surface area contributed by atoms with Gasteiger partial charge < -0.3 is 29.6 Å². The Hall–Kier alpha value is -2.36. The molecule has 1 heterocycles. The molecule has 3 rings (SSSR count). The molecule has 0 amide bonds. The summed E-state index contributed by atoms with van der Waals surface area (Å²) in [5, 5.41) is 6.97. The monoisotopic (exact) mass is 569 g/mol. The third-order valence-corrected chi connectivity index (χ3v) is 5.47. The summed E-state index contributed by atoms with van der Waals surface area (Å²) >= 11 is 0. The first kappa shape index (κ1) is 26.9. The van der Waals surface area contributed by atoms with Gasteiger partial charge in [-0.25, -0.2) is 0 Å². The van der Waals surface area contributed by atoms with Crippen LogP contribution in [0, 0.1) is 0 Å². The van der Waals surface area contributed by atoms with Crippen molar-refractivity contribution in [1.29, 1.82) is 0 Å². The zero-order valence-corrected chi connectivity index (χ0v) is 22.7. The summed E-state index contributed by atoms with van der Waals surface area (Å²) < 4.78 is 22.6. The molecule has 0 aliphatic carbocycles. The molecule has 2 aromatic carbocycles. The lowest BCUT2D eigenvalue weighted by molar-refractivity contribution is 0.0694. The van der Waals surface area contributed by atoms with Gasteiger partial charge in [0.25, 0.3) is 0 Å². The number of hydrogen-bond donors (Lipinski definition) is 2. The fourth-order valence-electron chi connectivity index (χ4n) is 4.06. The molecule has 8 heteroatoms. The Morgan fingerprint density at radius 3 is 2.45 bits per heavy atom. The number of nitrogens with zero attached hydrogens (tertiary/aromatic N) is 1. The van der Waals surface area contributed by atoms with Crippen LogP contribution < -0.4 is 29.6 Å². The Labute approximate surface area is 214 Å². The highest BCUT2D eigenvalue weighted by molar-refractivity contribution is 14.0. The minimum absolute atomic E-state index is 0. The normalized spacial score (nSPS) is 16.5. The fourth-order valence-corrected chi connectivity index (χ4v) is 4.06. The lowest BCUT2D eigenvalue weighted by Crippen LogP contribution is -2.45. The van der Waals surface area contributed by atoms with E-state index >= 15 is 0 Å². The molecule has 0 radical (unpaired) electrons. The first-order valence-corrected chi connectivity index (χ1v) is 11.0. The number of ether oxygens (including phenoxy) is 4. The molecular weight excluding hydrogens is 533 g/mol. The van der Waals surface area contributed by atoms with E-state index in [1.54, 1.807) is 21.3 Å². The van der Waals surface area contributed by atoms with Crippen molar-refractivity contribution in [2.75, 3.05) is 34.4 Å². The molecule has 1 unspecified atom stereocenters. The highest BCUT2D eigenvalue weighted by Gasteiger charge is 2.34. The van der Waals surface area contributed by atoms with E-state index in [2.05, 4.69) is 37.5 Å². The van der Waals surface area contributed by atoms with Gasteiger partial charge in [0.05, 0.1) is 27.4 Å². The van der Waals surface area contributed by atoms with Crippen LogP contribution in [-0.4, -0.2) is 46.0 Å². The summed E-state index contributed by atoms with van der Waals surface area (Å²) in [5.74, 6) is 3.63. The number of benzene rings is 2. The van der Waals surface area contributed by atoms with Gasteiger partial charge in [0, 0.05) is 30.6 Å². The predicted octanol–water partition coefficient (Wildman–Crippen LogP) is 4.73. The van der Waals surface area contributed by atoms with E-state index in [1.807, 2.05) is 30.3 Å². The lowest BCUT2D eigenvalue weighted by atomic mass is 9.90. The van der Waals surface area contributed by atoms with Crippen molar-refractivity contribution in [2.45, 2.75) is 45.3 Å². The Kier molecular flexibility index (Phi) is 9.94. The van der Waals surface area contributed by atoms with Crippen molar-refractivity contribution in [3.63, 3.8) is 0 Å².